The molecule has 0 heterocycles. The standard InChI is InChI=1S/C20H32O2/c1-18(13-22)7-3-8-19(2)16(18)6-9-20-10-14(4-5-17(19)20)15(11-20)12-21/h12,14-17,22H,3-11,13H2,1-2H3. The number of carbonyl (C=O) groups is 1. The molecule has 4 rings (SSSR count). The average Bonchev–Trinajstić information content (AvgIpc) is 2.77. The highest BCUT2D eigenvalue weighted by Gasteiger charge is 2.64. The van der Waals surface area contributed by atoms with E-state index in [1.54, 1.807) is 0 Å². The molecule has 0 amide bonds. The van der Waals surface area contributed by atoms with Gasteiger partial charge in [0.25, 0.3) is 0 Å². The van der Waals surface area contributed by atoms with Crippen LogP contribution in [0.2, 0.25) is 0 Å². The zero-order chi connectivity index (χ0) is 15.6. The van der Waals surface area contributed by atoms with E-state index in [9.17, 15) is 9.90 Å². The van der Waals surface area contributed by atoms with Gasteiger partial charge in [-0.2, -0.15) is 0 Å². The largest absolute Gasteiger partial charge is 0.396 e. The van der Waals surface area contributed by atoms with Gasteiger partial charge in [0.15, 0.2) is 0 Å². The minimum atomic E-state index is 0.133. The summed E-state index contributed by atoms with van der Waals surface area (Å²) in [6.07, 6.45) is 12.8. The molecule has 7 unspecified atom stereocenters. The second-order valence-electron chi connectivity index (χ2n) is 9.72. The first-order chi connectivity index (χ1) is 10.5. The van der Waals surface area contributed by atoms with Gasteiger partial charge in [-0.05, 0) is 85.4 Å². The summed E-state index contributed by atoms with van der Waals surface area (Å²) in [6.45, 7) is 5.24. The summed E-state index contributed by atoms with van der Waals surface area (Å²) in [4.78, 5) is 11.5. The predicted molar refractivity (Wildman–Crippen MR) is 87.3 cm³/mol. The van der Waals surface area contributed by atoms with Crippen LogP contribution in [-0.2, 0) is 4.79 Å². The Hall–Kier alpha value is -0.370. The van der Waals surface area contributed by atoms with E-state index in [1.807, 2.05) is 0 Å². The van der Waals surface area contributed by atoms with E-state index in [4.69, 9.17) is 0 Å². The summed E-state index contributed by atoms with van der Waals surface area (Å²) in [7, 11) is 0. The lowest BCUT2D eigenvalue weighted by atomic mass is 9.41. The number of carbonyl (C=O) groups excluding carboxylic acids is 1. The Labute approximate surface area is 135 Å². The van der Waals surface area contributed by atoms with Gasteiger partial charge in [-0.3, -0.25) is 0 Å². The van der Waals surface area contributed by atoms with Gasteiger partial charge in [0.2, 0.25) is 0 Å². The van der Waals surface area contributed by atoms with Gasteiger partial charge in [-0.15, -0.1) is 0 Å². The molecule has 0 radical (unpaired) electrons. The molecule has 124 valence electrons. The van der Waals surface area contributed by atoms with E-state index < -0.39 is 0 Å². The van der Waals surface area contributed by atoms with E-state index in [2.05, 4.69) is 13.8 Å². The second-order valence-corrected chi connectivity index (χ2v) is 9.72. The number of rotatable bonds is 2. The molecule has 7 atom stereocenters. The zero-order valence-corrected chi connectivity index (χ0v) is 14.3. The predicted octanol–water partition coefficient (Wildman–Crippen LogP) is 4.21. The maximum Gasteiger partial charge on any atom is 0.123 e. The van der Waals surface area contributed by atoms with Crippen LogP contribution in [0.25, 0.3) is 0 Å². The van der Waals surface area contributed by atoms with Gasteiger partial charge in [-0.1, -0.05) is 20.3 Å². The van der Waals surface area contributed by atoms with E-state index in [-0.39, 0.29) is 5.41 Å². The molecule has 1 N–H and O–H groups in total. The molecular weight excluding hydrogens is 272 g/mol. The van der Waals surface area contributed by atoms with E-state index in [0.717, 1.165) is 5.92 Å². The van der Waals surface area contributed by atoms with Crippen molar-refractivity contribution in [2.45, 2.75) is 71.6 Å². The SMILES string of the molecule is CC1(CO)CCCC2(C)C1CCC13CC(C=O)C(CCC12)C3. The third-order valence-electron chi connectivity index (χ3n) is 8.85. The number of hydrogen-bond acceptors (Lipinski definition) is 2. The van der Waals surface area contributed by atoms with Crippen LogP contribution in [0, 0.1) is 39.9 Å². The van der Waals surface area contributed by atoms with Crippen LogP contribution in [0.15, 0.2) is 0 Å². The Morgan fingerprint density at radius 1 is 1.05 bits per heavy atom. The monoisotopic (exact) mass is 304 g/mol. The summed E-state index contributed by atoms with van der Waals surface area (Å²) < 4.78 is 0. The molecule has 4 fully saturated rings. The van der Waals surface area contributed by atoms with Gasteiger partial charge in [0.05, 0.1) is 0 Å². The molecule has 2 nitrogen and oxygen atoms in total. The third-order valence-corrected chi connectivity index (χ3v) is 8.85. The maximum absolute atomic E-state index is 11.5. The summed E-state index contributed by atoms with van der Waals surface area (Å²) in [5.41, 5.74) is 0.998. The summed E-state index contributed by atoms with van der Waals surface area (Å²) in [5.74, 6) is 2.51. The zero-order valence-electron chi connectivity index (χ0n) is 14.3. The Balaban J connectivity index is 1.70. The Morgan fingerprint density at radius 2 is 1.86 bits per heavy atom. The summed E-state index contributed by atoms with van der Waals surface area (Å²) in [6, 6.07) is 0. The highest BCUT2D eigenvalue weighted by Crippen LogP contribution is 2.72. The molecule has 0 aromatic rings. The first-order valence-electron chi connectivity index (χ1n) is 9.54. The first-order valence-corrected chi connectivity index (χ1v) is 9.54. The molecule has 0 aromatic carbocycles. The molecule has 4 saturated carbocycles. The fourth-order valence-corrected chi connectivity index (χ4v) is 7.98. The van der Waals surface area contributed by atoms with Crippen molar-refractivity contribution in [3.8, 4) is 0 Å². The van der Waals surface area contributed by atoms with Crippen LogP contribution >= 0.6 is 0 Å². The molecule has 2 bridgehead atoms. The Bertz CT molecular complexity index is 474. The van der Waals surface area contributed by atoms with Crippen molar-refractivity contribution < 1.29 is 9.90 Å². The molecule has 4 aliphatic rings. The van der Waals surface area contributed by atoms with Crippen molar-refractivity contribution in [1.82, 2.24) is 0 Å². The minimum absolute atomic E-state index is 0.133. The molecule has 2 heteroatoms. The van der Waals surface area contributed by atoms with Gasteiger partial charge in [0, 0.05) is 12.5 Å². The van der Waals surface area contributed by atoms with Crippen LogP contribution in [0.5, 0.6) is 0 Å². The lowest BCUT2D eigenvalue weighted by Crippen LogP contribution is -2.57. The van der Waals surface area contributed by atoms with Crippen molar-refractivity contribution in [2.24, 2.45) is 39.9 Å². The minimum Gasteiger partial charge on any atom is -0.396 e. The number of hydrogen-bond donors (Lipinski definition) is 1. The molecule has 22 heavy (non-hydrogen) atoms. The molecule has 1 spiro atoms. The van der Waals surface area contributed by atoms with Crippen LogP contribution in [0.4, 0.5) is 0 Å². The van der Waals surface area contributed by atoms with E-state index in [0.29, 0.717) is 35.2 Å². The smallest absolute Gasteiger partial charge is 0.123 e. The second kappa shape index (κ2) is 4.82. The molecule has 0 aromatic heterocycles. The number of aldehydes is 1. The van der Waals surface area contributed by atoms with Crippen molar-refractivity contribution in [1.29, 1.82) is 0 Å². The van der Waals surface area contributed by atoms with Crippen molar-refractivity contribution in [3.63, 3.8) is 0 Å². The lowest BCUT2D eigenvalue weighted by molar-refractivity contribution is -0.159. The number of aliphatic hydroxyl groups excluding tert-OH is 1. The average molecular weight is 304 g/mol. The van der Waals surface area contributed by atoms with Gasteiger partial charge in [-0.25, -0.2) is 0 Å². The fraction of sp³-hybridized carbons (Fsp3) is 0.950. The summed E-state index contributed by atoms with van der Waals surface area (Å²) in [5, 5.41) is 10.1. The first kappa shape index (κ1) is 15.2. The van der Waals surface area contributed by atoms with Crippen molar-refractivity contribution >= 4 is 6.29 Å². The van der Waals surface area contributed by atoms with Crippen molar-refractivity contribution in [2.75, 3.05) is 6.61 Å². The highest BCUT2D eigenvalue weighted by atomic mass is 16.3. The maximum atomic E-state index is 11.5. The van der Waals surface area contributed by atoms with Crippen LogP contribution in [0.1, 0.15) is 71.6 Å². The van der Waals surface area contributed by atoms with E-state index >= 15 is 0 Å². The highest BCUT2D eigenvalue weighted by molar-refractivity contribution is 5.55. The van der Waals surface area contributed by atoms with E-state index in [1.165, 1.54) is 64.1 Å². The van der Waals surface area contributed by atoms with Gasteiger partial charge < -0.3 is 9.90 Å². The van der Waals surface area contributed by atoms with Crippen LogP contribution in [0.3, 0.4) is 0 Å². The van der Waals surface area contributed by atoms with Gasteiger partial charge >= 0.3 is 0 Å². The quantitative estimate of drug-likeness (QED) is 0.776. The third kappa shape index (κ3) is 1.79. The van der Waals surface area contributed by atoms with Crippen LogP contribution < -0.4 is 0 Å². The molecular formula is C20H32O2. The lowest BCUT2D eigenvalue weighted by Gasteiger charge is -2.64. The topological polar surface area (TPSA) is 37.3 Å². The Kier molecular flexibility index (Phi) is 3.32. The normalized spacial score (nSPS) is 57.0. The fourth-order valence-electron chi connectivity index (χ4n) is 7.98. The molecule has 0 aliphatic heterocycles. The Morgan fingerprint density at radius 3 is 2.59 bits per heavy atom. The number of fused-ring (bicyclic) bond motifs is 3. The molecule has 0 saturated heterocycles. The molecule has 4 aliphatic carbocycles. The van der Waals surface area contributed by atoms with Crippen LogP contribution in [-0.4, -0.2) is 18.0 Å². The van der Waals surface area contributed by atoms with Gasteiger partial charge in [0.1, 0.15) is 6.29 Å². The summed E-state index contributed by atoms with van der Waals surface area (Å²) >= 11 is 0. The number of aliphatic hydroxyl groups is 1. The van der Waals surface area contributed by atoms with Crippen molar-refractivity contribution in [3.05, 3.63) is 0 Å².